The van der Waals surface area contributed by atoms with E-state index in [9.17, 15) is 0 Å². The van der Waals surface area contributed by atoms with Crippen molar-refractivity contribution in [3.63, 3.8) is 0 Å². The molecular weight excluding hydrogens is 172 g/mol. The van der Waals surface area contributed by atoms with Gasteiger partial charge in [0.05, 0.1) is 0 Å². The molecule has 0 aromatic carbocycles. The first kappa shape index (κ1) is 11.4. The molecule has 0 aliphatic rings. The van der Waals surface area contributed by atoms with Gasteiger partial charge in [-0.1, -0.05) is 41.5 Å². The van der Waals surface area contributed by atoms with Gasteiger partial charge in [0.15, 0.2) is 0 Å². The lowest BCUT2D eigenvalue weighted by atomic mass is 9.97. The number of furan rings is 1. The van der Waals surface area contributed by atoms with E-state index >= 15 is 0 Å². The Morgan fingerprint density at radius 2 is 1.43 bits per heavy atom. The third-order valence-electron chi connectivity index (χ3n) is 2.53. The van der Waals surface area contributed by atoms with Crippen LogP contribution in [-0.4, -0.2) is 0 Å². The van der Waals surface area contributed by atoms with E-state index in [-0.39, 0.29) is 0 Å². The molecule has 0 N–H and O–H groups in total. The maximum Gasteiger partial charge on any atom is 0.110 e. The molecule has 0 bridgehead atoms. The van der Waals surface area contributed by atoms with Crippen LogP contribution in [0, 0.1) is 0 Å². The van der Waals surface area contributed by atoms with Crippen LogP contribution in [0.2, 0.25) is 0 Å². The average molecular weight is 194 g/mol. The SMILES string of the molecule is CC(C)c1cc(C(C)C)c(C(C)C)o1. The zero-order valence-electron chi connectivity index (χ0n) is 10.2. The molecule has 0 saturated heterocycles. The van der Waals surface area contributed by atoms with Crippen molar-refractivity contribution in [2.24, 2.45) is 0 Å². The molecule has 0 spiro atoms. The molecule has 1 aromatic rings. The second-order valence-corrected chi connectivity index (χ2v) is 4.93. The summed E-state index contributed by atoms with van der Waals surface area (Å²) in [5.41, 5.74) is 1.38. The van der Waals surface area contributed by atoms with Crippen LogP contribution >= 0.6 is 0 Å². The summed E-state index contributed by atoms with van der Waals surface area (Å²) in [5, 5.41) is 0. The molecule has 0 unspecified atom stereocenters. The molecule has 0 saturated carbocycles. The van der Waals surface area contributed by atoms with Crippen LogP contribution in [0.3, 0.4) is 0 Å². The predicted molar refractivity (Wildman–Crippen MR) is 61.0 cm³/mol. The molecule has 1 heterocycles. The van der Waals surface area contributed by atoms with Gasteiger partial charge in [0, 0.05) is 11.8 Å². The fourth-order valence-corrected chi connectivity index (χ4v) is 1.63. The van der Waals surface area contributed by atoms with Crippen LogP contribution in [0.15, 0.2) is 10.5 Å². The Kier molecular flexibility index (Phi) is 3.41. The summed E-state index contributed by atoms with van der Waals surface area (Å²) in [4.78, 5) is 0. The zero-order valence-corrected chi connectivity index (χ0v) is 10.2. The fourth-order valence-electron chi connectivity index (χ4n) is 1.63. The lowest BCUT2D eigenvalue weighted by molar-refractivity contribution is 0.428. The lowest BCUT2D eigenvalue weighted by Crippen LogP contribution is -1.93. The topological polar surface area (TPSA) is 13.1 Å². The molecule has 0 amide bonds. The first-order valence-electron chi connectivity index (χ1n) is 5.57. The summed E-state index contributed by atoms with van der Waals surface area (Å²) in [6.45, 7) is 13.2. The van der Waals surface area contributed by atoms with Crippen LogP contribution in [0.5, 0.6) is 0 Å². The Morgan fingerprint density at radius 1 is 0.857 bits per heavy atom. The summed E-state index contributed by atoms with van der Waals surface area (Å²) in [7, 11) is 0. The van der Waals surface area contributed by atoms with Gasteiger partial charge in [0.25, 0.3) is 0 Å². The van der Waals surface area contributed by atoms with Crippen molar-refractivity contribution >= 4 is 0 Å². The van der Waals surface area contributed by atoms with Gasteiger partial charge in [-0.05, 0) is 17.5 Å². The molecule has 80 valence electrons. The van der Waals surface area contributed by atoms with Gasteiger partial charge >= 0.3 is 0 Å². The Morgan fingerprint density at radius 3 is 1.71 bits per heavy atom. The van der Waals surface area contributed by atoms with Gasteiger partial charge in [0.1, 0.15) is 11.5 Å². The normalized spacial score (nSPS) is 12.1. The molecule has 0 radical (unpaired) electrons. The Hall–Kier alpha value is -0.720. The maximum absolute atomic E-state index is 5.90. The van der Waals surface area contributed by atoms with Crippen LogP contribution < -0.4 is 0 Å². The second kappa shape index (κ2) is 4.20. The first-order chi connectivity index (χ1) is 6.43. The second-order valence-electron chi connectivity index (χ2n) is 4.93. The van der Waals surface area contributed by atoms with Gasteiger partial charge in [-0.2, -0.15) is 0 Å². The first-order valence-corrected chi connectivity index (χ1v) is 5.57. The Bertz CT molecular complexity index is 267. The van der Waals surface area contributed by atoms with Gasteiger partial charge < -0.3 is 4.42 Å². The van der Waals surface area contributed by atoms with E-state index in [2.05, 4.69) is 47.6 Å². The minimum Gasteiger partial charge on any atom is -0.465 e. The van der Waals surface area contributed by atoms with Gasteiger partial charge in [-0.15, -0.1) is 0 Å². The molecule has 0 aliphatic carbocycles. The predicted octanol–water partition coefficient (Wildman–Crippen LogP) is 4.65. The van der Waals surface area contributed by atoms with E-state index in [0.29, 0.717) is 17.8 Å². The number of hydrogen-bond acceptors (Lipinski definition) is 1. The van der Waals surface area contributed by atoms with Crippen molar-refractivity contribution in [1.82, 2.24) is 0 Å². The molecule has 14 heavy (non-hydrogen) atoms. The summed E-state index contributed by atoms with van der Waals surface area (Å²) in [5.74, 6) is 3.82. The molecule has 1 rings (SSSR count). The van der Waals surface area contributed by atoms with Crippen LogP contribution in [0.25, 0.3) is 0 Å². The minimum absolute atomic E-state index is 0.486. The molecule has 1 heteroatoms. The van der Waals surface area contributed by atoms with Gasteiger partial charge in [0.2, 0.25) is 0 Å². The lowest BCUT2D eigenvalue weighted by Gasteiger charge is -2.07. The highest BCUT2D eigenvalue weighted by molar-refractivity contribution is 5.28. The van der Waals surface area contributed by atoms with E-state index in [1.165, 1.54) is 11.3 Å². The van der Waals surface area contributed by atoms with Crippen LogP contribution in [0.1, 0.15) is 76.4 Å². The third kappa shape index (κ3) is 2.20. The molecular formula is C13H22O. The van der Waals surface area contributed by atoms with Crippen molar-refractivity contribution in [3.8, 4) is 0 Å². The summed E-state index contributed by atoms with van der Waals surface area (Å²) >= 11 is 0. The largest absolute Gasteiger partial charge is 0.465 e. The monoisotopic (exact) mass is 194 g/mol. The van der Waals surface area contributed by atoms with E-state index in [0.717, 1.165) is 5.76 Å². The average Bonchev–Trinajstić information content (AvgIpc) is 2.47. The van der Waals surface area contributed by atoms with Gasteiger partial charge in [-0.3, -0.25) is 0 Å². The zero-order chi connectivity index (χ0) is 10.9. The highest BCUT2D eigenvalue weighted by atomic mass is 16.3. The Labute approximate surface area is 87.5 Å². The summed E-state index contributed by atoms with van der Waals surface area (Å²) < 4.78 is 5.90. The Balaban J connectivity index is 3.12. The quantitative estimate of drug-likeness (QED) is 0.682. The highest BCUT2D eigenvalue weighted by Crippen LogP contribution is 2.32. The standard InChI is InChI=1S/C13H22O/c1-8(2)11-7-12(9(3)4)14-13(11)10(5)6/h7-10H,1-6H3. The minimum atomic E-state index is 0.486. The van der Waals surface area contributed by atoms with E-state index < -0.39 is 0 Å². The van der Waals surface area contributed by atoms with Crippen LogP contribution in [0.4, 0.5) is 0 Å². The third-order valence-corrected chi connectivity index (χ3v) is 2.53. The smallest absolute Gasteiger partial charge is 0.110 e. The summed E-state index contributed by atoms with van der Waals surface area (Å²) in [6.07, 6.45) is 0. The molecule has 0 fully saturated rings. The van der Waals surface area contributed by atoms with Gasteiger partial charge in [-0.25, -0.2) is 0 Å². The number of rotatable bonds is 3. The van der Waals surface area contributed by atoms with Crippen molar-refractivity contribution in [2.75, 3.05) is 0 Å². The van der Waals surface area contributed by atoms with Crippen molar-refractivity contribution in [3.05, 3.63) is 23.2 Å². The maximum atomic E-state index is 5.90. The molecule has 1 aromatic heterocycles. The molecule has 0 atom stereocenters. The van der Waals surface area contributed by atoms with Crippen molar-refractivity contribution in [1.29, 1.82) is 0 Å². The van der Waals surface area contributed by atoms with E-state index in [1.807, 2.05) is 0 Å². The summed E-state index contributed by atoms with van der Waals surface area (Å²) in [6, 6.07) is 2.23. The molecule has 0 aliphatic heterocycles. The highest BCUT2D eigenvalue weighted by Gasteiger charge is 2.17. The fraction of sp³-hybridized carbons (Fsp3) is 0.692. The number of hydrogen-bond donors (Lipinski definition) is 0. The van der Waals surface area contributed by atoms with Crippen LogP contribution in [-0.2, 0) is 0 Å². The molecule has 1 nitrogen and oxygen atoms in total. The van der Waals surface area contributed by atoms with Crippen molar-refractivity contribution in [2.45, 2.75) is 59.3 Å². The van der Waals surface area contributed by atoms with Crippen molar-refractivity contribution < 1.29 is 4.42 Å². The van der Waals surface area contributed by atoms with E-state index in [1.54, 1.807) is 0 Å². The van der Waals surface area contributed by atoms with E-state index in [4.69, 9.17) is 4.42 Å².